The van der Waals surface area contributed by atoms with Crippen LogP contribution in [0, 0.1) is 5.92 Å². The summed E-state index contributed by atoms with van der Waals surface area (Å²) in [5.41, 5.74) is 1.12. The molecule has 0 radical (unpaired) electrons. The second-order valence-corrected chi connectivity index (χ2v) is 11.6. The Hall–Kier alpha value is -1.44. The smallest absolute Gasteiger partial charge is 0.277 e. The van der Waals surface area contributed by atoms with E-state index in [-0.39, 0.29) is 11.3 Å². The van der Waals surface area contributed by atoms with Gasteiger partial charge in [-0.15, -0.1) is 0 Å². The third-order valence-corrected chi connectivity index (χ3v) is 8.24. The van der Waals surface area contributed by atoms with Gasteiger partial charge in [-0.3, -0.25) is 4.79 Å². The molecule has 7 heteroatoms. The van der Waals surface area contributed by atoms with Gasteiger partial charge < -0.3 is 9.80 Å². The van der Waals surface area contributed by atoms with Gasteiger partial charge in [-0.2, -0.15) is 4.31 Å². The van der Waals surface area contributed by atoms with E-state index in [0.29, 0.717) is 43.5 Å². The summed E-state index contributed by atoms with van der Waals surface area (Å²) in [7, 11) is -3.48. The number of carbonyl (C=O) groups excluding carboxylic acids is 1. The summed E-state index contributed by atoms with van der Waals surface area (Å²) in [6.07, 6.45) is 2.17. The van der Waals surface area contributed by atoms with Crippen molar-refractivity contribution in [1.82, 2.24) is 9.21 Å². The fourth-order valence-electron chi connectivity index (χ4n) is 4.08. The Balaban J connectivity index is 1.55. The maximum atomic E-state index is 13.0. The van der Waals surface area contributed by atoms with Crippen LogP contribution in [0.1, 0.15) is 46.1 Å². The number of amides is 1. The Bertz CT molecular complexity index is 799. The zero-order valence-corrected chi connectivity index (χ0v) is 19.1. The molecule has 3 rings (SSSR count). The van der Waals surface area contributed by atoms with Crippen LogP contribution < -0.4 is 4.90 Å². The monoisotopic (exact) mass is 422 g/mol. The van der Waals surface area contributed by atoms with E-state index in [9.17, 15) is 13.2 Å². The van der Waals surface area contributed by atoms with Crippen molar-refractivity contribution < 1.29 is 18.1 Å². The third kappa shape index (κ3) is 5.38. The number of hydrogen-bond donors (Lipinski definition) is 1. The van der Waals surface area contributed by atoms with Gasteiger partial charge in [0, 0.05) is 13.1 Å². The first-order valence-corrected chi connectivity index (χ1v) is 12.2. The lowest BCUT2D eigenvalue weighted by atomic mass is 9.87. The Labute approximate surface area is 175 Å². The summed E-state index contributed by atoms with van der Waals surface area (Å²) in [4.78, 5) is 16.1. The molecule has 2 aliphatic rings. The van der Waals surface area contributed by atoms with Gasteiger partial charge in [-0.05, 0) is 41.9 Å². The number of piperazine rings is 1. The van der Waals surface area contributed by atoms with E-state index in [1.54, 1.807) is 16.4 Å². The van der Waals surface area contributed by atoms with Crippen molar-refractivity contribution in [3.63, 3.8) is 0 Å². The van der Waals surface area contributed by atoms with Crippen LogP contribution in [-0.4, -0.2) is 69.3 Å². The molecule has 1 amide bonds. The molecule has 0 unspecified atom stereocenters. The highest BCUT2D eigenvalue weighted by Gasteiger charge is 2.32. The number of likely N-dealkylation sites (tertiary alicyclic amines) is 1. The van der Waals surface area contributed by atoms with Crippen molar-refractivity contribution in [3.8, 4) is 0 Å². The highest BCUT2D eigenvalue weighted by molar-refractivity contribution is 7.89. The van der Waals surface area contributed by atoms with E-state index < -0.39 is 10.0 Å². The van der Waals surface area contributed by atoms with Crippen molar-refractivity contribution in [3.05, 3.63) is 29.8 Å². The van der Waals surface area contributed by atoms with E-state index in [2.05, 4.69) is 27.7 Å². The van der Waals surface area contributed by atoms with Gasteiger partial charge in [0.2, 0.25) is 10.0 Å². The largest absolute Gasteiger partial charge is 0.338 e. The Morgan fingerprint density at radius 3 is 2.10 bits per heavy atom. The molecule has 162 valence electrons. The molecular weight excluding hydrogens is 386 g/mol. The molecule has 1 aromatic carbocycles. The van der Waals surface area contributed by atoms with Gasteiger partial charge in [0.1, 0.15) is 0 Å². The molecule has 2 fully saturated rings. The topological polar surface area (TPSA) is 62.1 Å². The zero-order valence-electron chi connectivity index (χ0n) is 18.3. The molecule has 0 atom stereocenters. The standard InChI is InChI=1S/C22H35N3O3S/c1-18-9-11-24(12-10-18)21(26)17-23-13-15-25(16-14-23)29(27,28)20-7-5-19(6-8-20)22(2,3)4/h5-8,18H,9-17H2,1-4H3/p+1. The maximum Gasteiger partial charge on any atom is 0.277 e. The average Bonchev–Trinajstić information content (AvgIpc) is 2.68. The maximum absolute atomic E-state index is 13.0. The van der Waals surface area contributed by atoms with Crippen molar-refractivity contribution >= 4 is 15.9 Å². The summed E-state index contributed by atoms with van der Waals surface area (Å²) >= 11 is 0. The number of piperidine rings is 1. The second-order valence-electron chi connectivity index (χ2n) is 9.67. The van der Waals surface area contributed by atoms with Gasteiger partial charge in [0.05, 0.1) is 31.1 Å². The molecule has 0 spiro atoms. The first-order valence-electron chi connectivity index (χ1n) is 10.8. The molecule has 0 saturated carbocycles. The number of carbonyl (C=O) groups is 1. The lowest BCUT2D eigenvalue weighted by molar-refractivity contribution is -0.896. The Morgan fingerprint density at radius 2 is 1.59 bits per heavy atom. The third-order valence-electron chi connectivity index (χ3n) is 6.33. The molecule has 1 aromatic rings. The number of rotatable bonds is 4. The molecule has 6 nitrogen and oxygen atoms in total. The number of sulfonamides is 1. The highest BCUT2D eigenvalue weighted by atomic mass is 32.2. The summed E-state index contributed by atoms with van der Waals surface area (Å²) < 4.78 is 27.6. The van der Waals surface area contributed by atoms with E-state index >= 15 is 0 Å². The predicted octanol–water partition coefficient (Wildman–Crippen LogP) is 1.13. The van der Waals surface area contributed by atoms with E-state index in [1.807, 2.05) is 17.0 Å². The van der Waals surface area contributed by atoms with Gasteiger partial charge in [0.25, 0.3) is 5.91 Å². The highest BCUT2D eigenvalue weighted by Crippen LogP contribution is 2.24. The SMILES string of the molecule is CC1CCN(C(=O)C[NH+]2CCN(S(=O)(=O)c3ccc(C(C)(C)C)cc3)CC2)CC1. The first kappa shape index (κ1) is 22.2. The van der Waals surface area contributed by atoms with Crippen LogP contribution in [-0.2, 0) is 20.2 Å². The van der Waals surface area contributed by atoms with Crippen LogP contribution in [0.5, 0.6) is 0 Å². The second kappa shape index (κ2) is 8.74. The van der Waals surface area contributed by atoms with Gasteiger partial charge in [-0.25, -0.2) is 8.42 Å². The Morgan fingerprint density at radius 1 is 1.03 bits per heavy atom. The minimum Gasteiger partial charge on any atom is -0.338 e. The number of nitrogens with one attached hydrogen (secondary N) is 1. The van der Waals surface area contributed by atoms with Gasteiger partial charge >= 0.3 is 0 Å². The predicted molar refractivity (Wildman–Crippen MR) is 114 cm³/mol. The first-order chi connectivity index (χ1) is 13.6. The molecule has 2 saturated heterocycles. The minimum atomic E-state index is -3.48. The quantitative estimate of drug-likeness (QED) is 0.791. The molecule has 1 N–H and O–H groups in total. The summed E-state index contributed by atoms with van der Waals surface area (Å²) in [5.74, 6) is 0.915. The van der Waals surface area contributed by atoms with Gasteiger partial charge in [0.15, 0.2) is 6.54 Å². The van der Waals surface area contributed by atoms with Gasteiger partial charge in [-0.1, -0.05) is 39.8 Å². The van der Waals surface area contributed by atoms with Crippen molar-refractivity contribution in [2.24, 2.45) is 5.92 Å². The van der Waals surface area contributed by atoms with Crippen molar-refractivity contribution in [2.75, 3.05) is 45.8 Å². The fourth-order valence-corrected chi connectivity index (χ4v) is 5.52. The average molecular weight is 423 g/mol. The Kier molecular flexibility index (Phi) is 6.70. The zero-order chi connectivity index (χ0) is 21.2. The van der Waals surface area contributed by atoms with E-state index in [4.69, 9.17) is 0 Å². The normalized spacial score (nSPS) is 20.8. The van der Waals surface area contributed by atoms with Crippen molar-refractivity contribution in [1.29, 1.82) is 0 Å². The van der Waals surface area contributed by atoms with Crippen molar-refractivity contribution in [2.45, 2.75) is 50.8 Å². The van der Waals surface area contributed by atoms with Crippen LogP contribution in [0.25, 0.3) is 0 Å². The molecule has 0 aliphatic carbocycles. The molecule has 0 aromatic heterocycles. The van der Waals surface area contributed by atoms with Crippen LogP contribution in [0.2, 0.25) is 0 Å². The fraction of sp³-hybridized carbons (Fsp3) is 0.682. The summed E-state index contributed by atoms with van der Waals surface area (Å²) in [6.45, 7) is 13.1. The molecule has 2 aliphatic heterocycles. The molecular formula is C22H36N3O3S+. The molecule has 0 bridgehead atoms. The molecule has 29 heavy (non-hydrogen) atoms. The number of benzene rings is 1. The summed E-state index contributed by atoms with van der Waals surface area (Å²) in [6, 6.07) is 7.26. The number of hydrogen-bond acceptors (Lipinski definition) is 3. The number of quaternary nitrogens is 1. The summed E-state index contributed by atoms with van der Waals surface area (Å²) in [5, 5.41) is 0. The number of nitrogens with zero attached hydrogens (tertiary/aromatic N) is 2. The van der Waals surface area contributed by atoms with Crippen LogP contribution in [0.3, 0.4) is 0 Å². The lowest BCUT2D eigenvalue weighted by Gasteiger charge is -2.34. The van der Waals surface area contributed by atoms with E-state index in [1.165, 1.54) is 4.90 Å². The van der Waals surface area contributed by atoms with Crippen LogP contribution in [0.4, 0.5) is 0 Å². The van der Waals surface area contributed by atoms with E-state index in [0.717, 1.165) is 31.5 Å². The molecule has 2 heterocycles. The minimum absolute atomic E-state index is 0.00376. The lowest BCUT2D eigenvalue weighted by Crippen LogP contribution is -3.15. The van der Waals surface area contributed by atoms with Crippen LogP contribution >= 0.6 is 0 Å². The van der Waals surface area contributed by atoms with Crippen LogP contribution in [0.15, 0.2) is 29.2 Å².